The van der Waals surface area contributed by atoms with E-state index in [2.05, 4.69) is 10.6 Å². The molecule has 0 aliphatic rings. The summed E-state index contributed by atoms with van der Waals surface area (Å²) in [5.74, 6) is 0. The molecule has 0 aliphatic carbocycles. The number of carbonyl (C=O) groups excluding carboxylic acids is 1. The van der Waals surface area contributed by atoms with Crippen LogP contribution in [0.15, 0.2) is 54.6 Å². The predicted molar refractivity (Wildman–Crippen MR) is 87.6 cm³/mol. The molecule has 116 valence electrons. The number of amides is 2. The van der Waals surface area contributed by atoms with Gasteiger partial charge < -0.3 is 15.7 Å². The van der Waals surface area contributed by atoms with Crippen LogP contribution >= 0.6 is 0 Å². The molecule has 1 atom stereocenters. The van der Waals surface area contributed by atoms with Crippen LogP contribution in [-0.4, -0.2) is 23.8 Å². The van der Waals surface area contributed by atoms with Crippen LogP contribution in [0.1, 0.15) is 16.7 Å². The smallest absolute Gasteiger partial charge is 0.315 e. The number of aliphatic hydroxyl groups is 1. The molecule has 0 aromatic heterocycles. The van der Waals surface area contributed by atoms with Gasteiger partial charge in [-0.15, -0.1) is 0 Å². The molecule has 0 spiro atoms. The first kappa shape index (κ1) is 16.0. The quantitative estimate of drug-likeness (QED) is 0.767. The molecule has 0 aliphatic heterocycles. The lowest BCUT2D eigenvalue weighted by Crippen LogP contribution is -2.39. The van der Waals surface area contributed by atoms with Gasteiger partial charge in [-0.05, 0) is 18.1 Å². The Bertz CT molecular complexity index is 599. The zero-order valence-corrected chi connectivity index (χ0v) is 12.8. The van der Waals surface area contributed by atoms with Crippen molar-refractivity contribution in [3.8, 4) is 0 Å². The lowest BCUT2D eigenvalue weighted by atomic mass is 10.1. The topological polar surface area (TPSA) is 61.4 Å². The molecule has 4 heteroatoms. The Morgan fingerprint density at radius 3 is 2.50 bits per heavy atom. The van der Waals surface area contributed by atoms with Gasteiger partial charge in [-0.1, -0.05) is 60.2 Å². The molecule has 4 nitrogen and oxygen atoms in total. The third kappa shape index (κ3) is 5.58. The molecule has 1 unspecified atom stereocenters. The molecule has 22 heavy (non-hydrogen) atoms. The fraction of sp³-hybridized carbons (Fsp3) is 0.278. The van der Waals surface area contributed by atoms with Crippen molar-refractivity contribution < 1.29 is 9.90 Å². The summed E-state index contributed by atoms with van der Waals surface area (Å²) >= 11 is 0. The molecule has 0 bridgehead atoms. The summed E-state index contributed by atoms with van der Waals surface area (Å²) in [6, 6.07) is 17.4. The second-order valence-electron chi connectivity index (χ2n) is 5.40. The van der Waals surface area contributed by atoms with E-state index < -0.39 is 6.10 Å². The largest absolute Gasteiger partial charge is 0.391 e. The molecule has 0 radical (unpaired) electrons. The monoisotopic (exact) mass is 298 g/mol. The minimum Gasteiger partial charge on any atom is -0.391 e. The van der Waals surface area contributed by atoms with Crippen molar-refractivity contribution in [3.63, 3.8) is 0 Å². The maximum atomic E-state index is 11.7. The van der Waals surface area contributed by atoms with Gasteiger partial charge in [-0.2, -0.15) is 0 Å². The van der Waals surface area contributed by atoms with Crippen molar-refractivity contribution >= 4 is 6.03 Å². The van der Waals surface area contributed by atoms with Crippen LogP contribution in [0.3, 0.4) is 0 Å². The van der Waals surface area contributed by atoms with Crippen molar-refractivity contribution in [1.82, 2.24) is 10.6 Å². The van der Waals surface area contributed by atoms with Crippen LogP contribution in [0.25, 0.3) is 0 Å². The number of rotatable bonds is 6. The summed E-state index contributed by atoms with van der Waals surface area (Å²) < 4.78 is 0. The van der Waals surface area contributed by atoms with Crippen LogP contribution in [-0.2, 0) is 13.0 Å². The number of benzene rings is 2. The second-order valence-corrected chi connectivity index (χ2v) is 5.40. The number of hydrogen-bond acceptors (Lipinski definition) is 2. The molecular formula is C18H22N2O2. The van der Waals surface area contributed by atoms with Gasteiger partial charge in [0, 0.05) is 19.5 Å². The number of aliphatic hydroxyl groups excluding tert-OH is 1. The van der Waals surface area contributed by atoms with Crippen LogP contribution in [0, 0.1) is 6.92 Å². The SMILES string of the molecule is Cc1cccc(CNC(=O)NCC(O)Cc2ccccc2)c1. The molecule has 2 rings (SSSR count). The molecule has 0 heterocycles. The zero-order chi connectivity index (χ0) is 15.8. The van der Waals surface area contributed by atoms with Gasteiger partial charge in [0.05, 0.1) is 6.10 Å². The van der Waals surface area contributed by atoms with E-state index in [0.29, 0.717) is 13.0 Å². The van der Waals surface area contributed by atoms with Crippen LogP contribution in [0.4, 0.5) is 4.79 Å². The zero-order valence-electron chi connectivity index (χ0n) is 12.8. The van der Waals surface area contributed by atoms with Gasteiger partial charge in [0.15, 0.2) is 0 Å². The Labute approximate surface area is 131 Å². The van der Waals surface area contributed by atoms with E-state index in [0.717, 1.165) is 16.7 Å². The normalized spacial score (nSPS) is 11.7. The van der Waals surface area contributed by atoms with Gasteiger partial charge in [0.1, 0.15) is 0 Å². The summed E-state index contributed by atoms with van der Waals surface area (Å²) in [6.07, 6.45) is -0.0638. The van der Waals surface area contributed by atoms with E-state index in [-0.39, 0.29) is 12.6 Å². The average Bonchev–Trinajstić information content (AvgIpc) is 2.52. The molecule has 3 N–H and O–H groups in total. The van der Waals surface area contributed by atoms with E-state index in [1.165, 1.54) is 0 Å². The Hall–Kier alpha value is -2.33. The maximum absolute atomic E-state index is 11.7. The molecule has 0 saturated heterocycles. The van der Waals surface area contributed by atoms with Crippen molar-refractivity contribution in [2.24, 2.45) is 0 Å². The minimum atomic E-state index is -0.591. The Morgan fingerprint density at radius 1 is 1.05 bits per heavy atom. The fourth-order valence-electron chi connectivity index (χ4n) is 2.24. The standard InChI is InChI=1S/C18H22N2O2/c1-14-6-5-9-16(10-14)12-19-18(22)20-13-17(21)11-15-7-3-2-4-8-15/h2-10,17,21H,11-13H2,1H3,(H2,19,20,22). The van der Waals surface area contributed by atoms with Gasteiger partial charge in [0.2, 0.25) is 0 Å². The first-order valence-electron chi connectivity index (χ1n) is 7.43. The van der Waals surface area contributed by atoms with E-state index in [1.807, 2.05) is 61.5 Å². The summed E-state index contributed by atoms with van der Waals surface area (Å²) in [4.78, 5) is 11.7. The van der Waals surface area contributed by atoms with E-state index in [4.69, 9.17) is 0 Å². The molecule has 0 fully saturated rings. The van der Waals surface area contributed by atoms with Crippen LogP contribution in [0.2, 0.25) is 0 Å². The van der Waals surface area contributed by atoms with Crippen LogP contribution in [0.5, 0.6) is 0 Å². The first-order valence-corrected chi connectivity index (χ1v) is 7.43. The van der Waals surface area contributed by atoms with Gasteiger partial charge in [-0.25, -0.2) is 4.79 Å². The third-order valence-corrected chi connectivity index (χ3v) is 3.35. The second kappa shape index (κ2) is 8.20. The third-order valence-electron chi connectivity index (χ3n) is 3.35. The highest BCUT2D eigenvalue weighted by atomic mass is 16.3. The Morgan fingerprint density at radius 2 is 1.77 bits per heavy atom. The Kier molecular flexibility index (Phi) is 5.98. The summed E-state index contributed by atoms with van der Waals surface area (Å²) in [7, 11) is 0. The van der Waals surface area contributed by atoms with Crippen molar-refractivity contribution in [1.29, 1.82) is 0 Å². The molecule has 2 amide bonds. The minimum absolute atomic E-state index is 0.231. The number of nitrogens with one attached hydrogen (secondary N) is 2. The number of urea groups is 1. The molecular weight excluding hydrogens is 276 g/mol. The van der Waals surface area contributed by atoms with E-state index >= 15 is 0 Å². The summed E-state index contributed by atoms with van der Waals surface area (Å²) in [5.41, 5.74) is 3.27. The average molecular weight is 298 g/mol. The molecule has 0 saturated carbocycles. The lowest BCUT2D eigenvalue weighted by Gasteiger charge is -2.13. The highest BCUT2D eigenvalue weighted by Gasteiger charge is 2.07. The highest BCUT2D eigenvalue weighted by molar-refractivity contribution is 5.73. The van der Waals surface area contributed by atoms with Crippen molar-refractivity contribution in [2.75, 3.05) is 6.54 Å². The maximum Gasteiger partial charge on any atom is 0.315 e. The predicted octanol–water partition coefficient (Wildman–Crippen LogP) is 2.40. The lowest BCUT2D eigenvalue weighted by molar-refractivity contribution is 0.170. The fourth-order valence-corrected chi connectivity index (χ4v) is 2.24. The van der Waals surface area contributed by atoms with Gasteiger partial charge in [-0.3, -0.25) is 0 Å². The van der Waals surface area contributed by atoms with Crippen LogP contribution < -0.4 is 10.6 Å². The highest BCUT2D eigenvalue weighted by Crippen LogP contribution is 2.04. The van der Waals surface area contributed by atoms with Gasteiger partial charge in [0.25, 0.3) is 0 Å². The molecule has 2 aromatic rings. The first-order chi connectivity index (χ1) is 10.6. The summed E-state index contributed by atoms with van der Waals surface area (Å²) in [5, 5.41) is 15.4. The van der Waals surface area contributed by atoms with E-state index in [9.17, 15) is 9.90 Å². The van der Waals surface area contributed by atoms with Gasteiger partial charge >= 0.3 is 6.03 Å². The van der Waals surface area contributed by atoms with E-state index in [1.54, 1.807) is 0 Å². The van der Waals surface area contributed by atoms with Crippen molar-refractivity contribution in [3.05, 3.63) is 71.3 Å². The number of carbonyl (C=O) groups is 1. The number of aryl methyl sites for hydroxylation is 1. The molecule has 2 aromatic carbocycles. The number of hydrogen-bond donors (Lipinski definition) is 3. The summed E-state index contributed by atoms with van der Waals surface area (Å²) in [6.45, 7) is 2.72. The Balaban J connectivity index is 1.69. The van der Waals surface area contributed by atoms with Crippen molar-refractivity contribution in [2.45, 2.75) is 26.0 Å².